The monoisotopic (exact) mass is 359 g/mol. The lowest BCUT2D eigenvalue weighted by atomic mass is 10.2. The largest absolute Gasteiger partial charge is 0.488 e. The van der Waals surface area contributed by atoms with Crippen molar-refractivity contribution in [3.63, 3.8) is 0 Å². The quantitative estimate of drug-likeness (QED) is 0.692. The highest BCUT2D eigenvalue weighted by molar-refractivity contribution is 7.17. The van der Waals surface area contributed by atoms with Crippen LogP contribution in [-0.4, -0.2) is 16.1 Å². The highest BCUT2D eigenvalue weighted by Crippen LogP contribution is 2.34. The molecule has 4 nitrogen and oxygen atoms in total. The summed E-state index contributed by atoms with van der Waals surface area (Å²) in [7, 11) is 0. The standard InChI is InChI=1S/C18H14ClNO3S/c1-11-16(18(21)22)24-17(20-11)14-7-2-3-8-15(14)23-10-12-5-4-6-13(19)9-12/h2-9H,10H2,1H3,(H,21,22). The second kappa shape index (κ2) is 7.03. The van der Waals surface area contributed by atoms with Crippen molar-refractivity contribution in [1.82, 2.24) is 4.98 Å². The Morgan fingerprint density at radius 2 is 2.04 bits per heavy atom. The number of aromatic carboxylic acids is 1. The van der Waals surface area contributed by atoms with Crippen molar-refractivity contribution >= 4 is 28.9 Å². The maximum Gasteiger partial charge on any atom is 0.347 e. The van der Waals surface area contributed by atoms with E-state index < -0.39 is 5.97 Å². The number of carbonyl (C=O) groups is 1. The molecule has 3 aromatic rings. The molecule has 0 radical (unpaired) electrons. The van der Waals surface area contributed by atoms with Crippen LogP contribution < -0.4 is 4.74 Å². The molecule has 0 unspecified atom stereocenters. The lowest BCUT2D eigenvalue weighted by Crippen LogP contribution is -1.96. The molecule has 0 aliphatic carbocycles. The summed E-state index contributed by atoms with van der Waals surface area (Å²) in [4.78, 5) is 15.8. The lowest BCUT2D eigenvalue weighted by molar-refractivity contribution is 0.0701. The minimum Gasteiger partial charge on any atom is -0.488 e. The van der Waals surface area contributed by atoms with Crippen molar-refractivity contribution in [3.8, 4) is 16.3 Å². The van der Waals surface area contributed by atoms with Crippen LogP contribution in [0, 0.1) is 6.92 Å². The van der Waals surface area contributed by atoms with Gasteiger partial charge < -0.3 is 9.84 Å². The molecule has 0 atom stereocenters. The molecule has 0 aliphatic heterocycles. The molecule has 0 saturated heterocycles. The molecule has 1 heterocycles. The number of benzene rings is 2. The number of rotatable bonds is 5. The Morgan fingerprint density at radius 3 is 2.75 bits per heavy atom. The molecule has 1 aromatic heterocycles. The van der Waals surface area contributed by atoms with Crippen LogP contribution in [-0.2, 0) is 6.61 Å². The molecule has 2 aromatic carbocycles. The Hall–Kier alpha value is -2.37. The minimum atomic E-state index is -0.964. The molecule has 3 rings (SSSR count). The fourth-order valence-electron chi connectivity index (χ4n) is 2.27. The summed E-state index contributed by atoms with van der Waals surface area (Å²) in [5, 5.41) is 10.5. The van der Waals surface area contributed by atoms with E-state index in [2.05, 4.69) is 4.98 Å². The van der Waals surface area contributed by atoms with Crippen molar-refractivity contribution in [2.75, 3.05) is 0 Å². The molecule has 0 bridgehead atoms. The normalized spacial score (nSPS) is 10.6. The third kappa shape index (κ3) is 3.58. The Labute approximate surface area is 148 Å². The van der Waals surface area contributed by atoms with Crippen LogP contribution in [0.1, 0.15) is 20.9 Å². The summed E-state index contributed by atoms with van der Waals surface area (Å²) < 4.78 is 5.90. The van der Waals surface area contributed by atoms with E-state index in [4.69, 9.17) is 16.3 Å². The molecule has 122 valence electrons. The molecule has 0 spiro atoms. The van der Waals surface area contributed by atoms with Gasteiger partial charge in [0, 0.05) is 5.02 Å². The molecule has 0 aliphatic rings. The number of thiazole rings is 1. The molecule has 0 fully saturated rings. The van der Waals surface area contributed by atoms with Gasteiger partial charge in [0.25, 0.3) is 0 Å². The molecule has 24 heavy (non-hydrogen) atoms. The van der Waals surface area contributed by atoms with Crippen molar-refractivity contribution in [2.24, 2.45) is 0 Å². The van der Waals surface area contributed by atoms with E-state index in [0.717, 1.165) is 22.5 Å². The summed E-state index contributed by atoms with van der Waals surface area (Å²) in [5.41, 5.74) is 2.24. The first-order valence-electron chi connectivity index (χ1n) is 7.22. The summed E-state index contributed by atoms with van der Waals surface area (Å²) in [6.07, 6.45) is 0. The van der Waals surface area contributed by atoms with Crippen LogP contribution in [0.15, 0.2) is 48.5 Å². The number of aryl methyl sites for hydroxylation is 1. The fraction of sp³-hybridized carbons (Fsp3) is 0.111. The second-order valence-electron chi connectivity index (χ2n) is 5.15. The molecular weight excluding hydrogens is 346 g/mol. The van der Waals surface area contributed by atoms with Crippen LogP contribution in [0.5, 0.6) is 5.75 Å². The van der Waals surface area contributed by atoms with Gasteiger partial charge >= 0.3 is 5.97 Å². The van der Waals surface area contributed by atoms with Crippen molar-refractivity contribution in [3.05, 3.63) is 69.7 Å². The first kappa shape index (κ1) is 16.5. The van der Waals surface area contributed by atoms with Gasteiger partial charge in [0.1, 0.15) is 22.2 Å². The van der Waals surface area contributed by atoms with Crippen molar-refractivity contribution < 1.29 is 14.6 Å². The third-order valence-electron chi connectivity index (χ3n) is 3.39. The maximum absolute atomic E-state index is 11.2. The molecule has 0 saturated carbocycles. The van der Waals surface area contributed by atoms with Crippen LogP contribution in [0.3, 0.4) is 0 Å². The van der Waals surface area contributed by atoms with Crippen molar-refractivity contribution in [2.45, 2.75) is 13.5 Å². The van der Waals surface area contributed by atoms with Crippen molar-refractivity contribution in [1.29, 1.82) is 0 Å². The number of halogens is 1. The molecule has 6 heteroatoms. The number of carboxylic acid groups (broad SMARTS) is 1. The SMILES string of the molecule is Cc1nc(-c2ccccc2OCc2cccc(Cl)c2)sc1C(=O)O. The number of hydrogen-bond donors (Lipinski definition) is 1. The molecule has 1 N–H and O–H groups in total. The average molecular weight is 360 g/mol. The Morgan fingerprint density at radius 1 is 1.25 bits per heavy atom. The first-order valence-corrected chi connectivity index (χ1v) is 8.41. The predicted octanol–water partition coefficient (Wildman–Crippen LogP) is 5.05. The zero-order valence-electron chi connectivity index (χ0n) is 12.8. The van der Waals surface area contributed by atoms with E-state index >= 15 is 0 Å². The van der Waals surface area contributed by atoms with Crippen LogP contribution in [0.2, 0.25) is 5.02 Å². The Bertz CT molecular complexity index is 891. The second-order valence-corrected chi connectivity index (χ2v) is 6.59. The van der Waals surface area contributed by atoms with Gasteiger partial charge in [0.05, 0.1) is 11.3 Å². The maximum atomic E-state index is 11.2. The zero-order valence-corrected chi connectivity index (χ0v) is 14.4. The van der Waals surface area contributed by atoms with E-state index in [1.165, 1.54) is 0 Å². The molecular formula is C18H14ClNO3S. The number of ether oxygens (including phenoxy) is 1. The van der Waals surface area contributed by atoms with Crippen LogP contribution in [0.25, 0.3) is 10.6 Å². The zero-order chi connectivity index (χ0) is 17.1. The average Bonchev–Trinajstić information content (AvgIpc) is 2.95. The first-order chi connectivity index (χ1) is 11.5. The van der Waals surface area contributed by atoms with Gasteiger partial charge in [-0.2, -0.15) is 0 Å². The molecule has 0 amide bonds. The summed E-state index contributed by atoms with van der Waals surface area (Å²) in [5.74, 6) is -0.309. The Kier molecular flexibility index (Phi) is 4.83. The van der Waals surface area contributed by atoms with E-state index in [1.54, 1.807) is 6.92 Å². The summed E-state index contributed by atoms with van der Waals surface area (Å²) >= 11 is 7.13. The number of nitrogens with zero attached hydrogens (tertiary/aromatic N) is 1. The van der Waals surface area contributed by atoms with E-state index in [9.17, 15) is 9.90 Å². The fourth-order valence-corrected chi connectivity index (χ4v) is 3.42. The number of para-hydroxylation sites is 1. The number of carboxylic acids is 1. The van der Waals surface area contributed by atoms with Crippen LogP contribution in [0.4, 0.5) is 0 Å². The van der Waals surface area contributed by atoms with Crippen LogP contribution >= 0.6 is 22.9 Å². The summed E-state index contributed by atoms with van der Waals surface area (Å²) in [6, 6.07) is 14.9. The number of aromatic nitrogens is 1. The van der Waals surface area contributed by atoms with E-state index in [0.29, 0.717) is 28.1 Å². The lowest BCUT2D eigenvalue weighted by Gasteiger charge is -2.10. The number of hydrogen-bond acceptors (Lipinski definition) is 4. The predicted molar refractivity (Wildman–Crippen MR) is 95.0 cm³/mol. The highest BCUT2D eigenvalue weighted by Gasteiger charge is 2.17. The summed E-state index contributed by atoms with van der Waals surface area (Å²) in [6.45, 7) is 2.06. The van der Waals surface area contributed by atoms with Gasteiger partial charge in [-0.1, -0.05) is 35.9 Å². The van der Waals surface area contributed by atoms with Gasteiger partial charge in [0.2, 0.25) is 0 Å². The van der Waals surface area contributed by atoms with Gasteiger partial charge in [0.15, 0.2) is 0 Å². The third-order valence-corrected chi connectivity index (χ3v) is 4.81. The van der Waals surface area contributed by atoms with Gasteiger partial charge in [-0.15, -0.1) is 11.3 Å². The van der Waals surface area contributed by atoms with E-state index in [-0.39, 0.29) is 4.88 Å². The Balaban J connectivity index is 1.88. The highest BCUT2D eigenvalue weighted by atomic mass is 35.5. The topological polar surface area (TPSA) is 59.4 Å². The van der Waals surface area contributed by atoms with Gasteiger partial charge in [-0.3, -0.25) is 0 Å². The van der Waals surface area contributed by atoms with E-state index in [1.807, 2.05) is 48.5 Å². The van der Waals surface area contributed by atoms with Gasteiger partial charge in [-0.05, 0) is 36.8 Å². The minimum absolute atomic E-state index is 0.245. The van der Waals surface area contributed by atoms with Gasteiger partial charge in [-0.25, -0.2) is 9.78 Å². The smallest absolute Gasteiger partial charge is 0.347 e.